The first kappa shape index (κ1) is 18.9. The van der Waals surface area contributed by atoms with Crippen LogP contribution < -0.4 is 0 Å². The number of carbonyl (C=O) groups is 1. The molecule has 148 valence electrons. The Balaban J connectivity index is 1.33. The van der Waals surface area contributed by atoms with Gasteiger partial charge in [-0.25, -0.2) is 9.78 Å². The van der Waals surface area contributed by atoms with Gasteiger partial charge >= 0.3 is 5.97 Å². The van der Waals surface area contributed by atoms with Gasteiger partial charge in [-0.2, -0.15) is 12.6 Å². The minimum Gasteiger partial charge on any atom is -0.458 e. The molecule has 0 saturated heterocycles. The highest BCUT2D eigenvalue weighted by Gasteiger charge is 2.29. The summed E-state index contributed by atoms with van der Waals surface area (Å²) in [5.74, 6) is -0.0205. The zero-order chi connectivity index (χ0) is 19.8. The summed E-state index contributed by atoms with van der Waals surface area (Å²) < 4.78 is 5.70. The maximum absolute atomic E-state index is 12.6. The highest BCUT2D eigenvalue weighted by molar-refractivity contribution is 7.80. The van der Waals surface area contributed by atoms with Gasteiger partial charge in [0.05, 0.1) is 5.01 Å². The monoisotopic (exact) mass is 421 g/mol. The molecule has 3 aromatic rings. The van der Waals surface area contributed by atoms with Crippen LogP contribution in [0.3, 0.4) is 0 Å². The van der Waals surface area contributed by atoms with Gasteiger partial charge < -0.3 is 4.74 Å². The normalized spacial score (nSPS) is 20.9. The lowest BCUT2D eigenvalue weighted by Crippen LogP contribution is -2.26. The van der Waals surface area contributed by atoms with E-state index in [1.807, 2.05) is 5.38 Å². The van der Waals surface area contributed by atoms with Crippen LogP contribution >= 0.6 is 24.0 Å². The first-order valence-electron chi connectivity index (χ1n) is 10.2. The van der Waals surface area contributed by atoms with Crippen molar-refractivity contribution in [1.29, 1.82) is 0 Å². The van der Waals surface area contributed by atoms with E-state index in [0.717, 1.165) is 37.1 Å². The number of ether oxygens (including phenoxy) is 1. The van der Waals surface area contributed by atoms with E-state index < -0.39 is 0 Å². The molecule has 1 heterocycles. The van der Waals surface area contributed by atoms with E-state index >= 15 is 0 Å². The van der Waals surface area contributed by atoms with Crippen LogP contribution in [0.5, 0.6) is 0 Å². The molecular formula is C24H23NO2S2. The predicted octanol–water partition coefficient (Wildman–Crippen LogP) is 5.90. The molecule has 2 aliphatic rings. The summed E-state index contributed by atoms with van der Waals surface area (Å²) in [4.78, 5) is 17.2. The highest BCUT2D eigenvalue weighted by Crippen LogP contribution is 2.46. The highest BCUT2D eigenvalue weighted by atomic mass is 32.1. The predicted molar refractivity (Wildman–Crippen MR) is 120 cm³/mol. The number of benzene rings is 2. The fourth-order valence-corrected chi connectivity index (χ4v) is 5.82. The van der Waals surface area contributed by atoms with E-state index in [0.29, 0.717) is 10.9 Å². The van der Waals surface area contributed by atoms with Gasteiger partial charge in [0.1, 0.15) is 6.10 Å². The lowest BCUT2D eigenvalue weighted by molar-refractivity contribution is 0.0212. The molecule has 0 radical (unpaired) electrons. The maximum atomic E-state index is 12.6. The first-order chi connectivity index (χ1) is 14.2. The third-order valence-corrected chi connectivity index (χ3v) is 7.31. The molecule has 0 bridgehead atoms. The van der Waals surface area contributed by atoms with Crippen LogP contribution in [0.1, 0.15) is 58.2 Å². The lowest BCUT2D eigenvalue weighted by atomic mass is 9.94. The first-order valence-corrected chi connectivity index (χ1v) is 11.6. The molecule has 2 aromatic carbocycles. The molecule has 1 saturated carbocycles. The third-order valence-electron chi connectivity index (χ3n) is 5.97. The number of aromatic nitrogens is 1. The van der Waals surface area contributed by atoms with Gasteiger partial charge in [0, 0.05) is 23.0 Å². The van der Waals surface area contributed by atoms with E-state index in [2.05, 4.69) is 66.1 Å². The van der Waals surface area contributed by atoms with Crippen molar-refractivity contribution in [3.63, 3.8) is 0 Å². The minimum absolute atomic E-state index is 0.0301. The Morgan fingerprint density at radius 3 is 2.45 bits per heavy atom. The summed E-state index contributed by atoms with van der Waals surface area (Å²) >= 11 is 6.09. The van der Waals surface area contributed by atoms with Gasteiger partial charge in [-0.3, -0.25) is 0 Å². The number of esters is 1. The Hall–Kier alpha value is -2.11. The Morgan fingerprint density at radius 1 is 1.07 bits per heavy atom. The standard InChI is InChI=1S/C24H23NO2S2/c26-24(27-15-6-5-7-16(28)12-15)22-14-29-23(25-22)13-21-19-10-3-1-8-17(19)18-9-2-4-11-20(18)21/h1-4,8-11,14-16,21,28H,5-7,12-13H2. The molecular weight excluding hydrogens is 398 g/mol. The number of fused-ring (bicyclic) bond motifs is 3. The van der Waals surface area contributed by atoms with Gasteiger partial charge in [0.25, 0.3) is 0 Å². The van der Waals surface area contributed by atoms with Crippen molar-refractivity contribution in [3.8, 4) is 11.1 Å². The molecule has 5 heteroatoms. The fourth-order valence-electron chi connectivity index (χ4n) is 4.59. The van der Waals surface area contributed by atoms with Crippen molar-refractivity contribution in [1.82, 2.24) is 4.98 Å². The Kier molecular flexibility index (Phi) is 5.18. The molecule has 1 fully saturated rings. The maximum Gasteiger partial charge on any atom is 0.358 e. The van der Waals surface area contributed by atoms with Gasteiger partial charge in [-0.1, -0.05) is 48.5 Å². The molecule has 0 aliphatic heterocycles. The van der Waals surface area contributed by atoms with Crippen molar-refractivity contribution in [3.05, 3.63) is 75.7 Å². The molecule has 5 rings (SSSR count). The minimum atomic E-state index is -0.299. The van der Waals surface area contributed by atoms with Gasteiger partial charge in [0.2, 0.25) is 0 Å². The molecule has 0 N–H and O–H groups in total. The zero-order valence-corrected chi connectivity index (χ0v) is 17.8. The molecule has 0 spiro atoms. The quantitative estimate of drug-likeness (QED) is 0.421. The van der Waals surface area contributed by atoms with Gasteiger partial charge in [0.15, 0.2) is 5.69 Å². The lowest BCUT2D eigenvalue weighted by Gasteiger charge is -2.25. The molecule has 29 heavy (non-hydrogen) atoms. The second-order valence-corrected chi connectivity index (χ2v) is 9.58. The van der Waals surface area contributed by atoms with Crippen molar-refractivity contribution < 1.29 is 9.53 Å². The van der Waals surface area contributed by atoms with Crippen LogP contribution in [0.15, 0.2) is 53.9 Å². The van der Waals surface area contributed by atoms with E-state index in [1.165, 1.54) is 22.3 Å². The number of carbonyl (C=O) groups excluding carboxylic acids is 1. The summed E-state index contributed by atoms with van der Waals surface area (Å²) in [7, 11) is 0. The molecule has 1 aromatic heterocycles. The Morgan fingerprint density at radius 2 is 1.76 bits per heavy atom. The van der Waals surface area contributed by atoms with E-state index in [9.17, 15) is 4.79 Å². The molecule has 2 atom stereocenters. The van der Waals surface area contributed by atoms with Crippen LogP contribution in [0, 0.1) is 0 Å². The summed E-state index contributed by atoms with van der Waals surface area (Å²) in [6.45, 7) is 0. The molecule has 3 nitrogen and oxygen atoms in total. The summed E-state index contributed by atoms with van der Waals surface area (Å²) in [6.07, 6.45) is 4.69. The number of hydrogen-bond acceptors (Lipinski definition) is 5. The van der Waals surface area contributed by atoms with Gasteiger partial charge in [-0.05, 0) is 47.9 Å². The number of thiazole rings is 1. The van der Waals surface area contributed by atoms with Gasteiger partial charge in [-0.15, -0.1) is 11.3 Å². The number of thiol groups is 1. The van der Waals surface area contributed by atoms with Crippen LogP contribution in [0.25, 0.3) is 11.1 Å². The topological polar surface area (TPSA) is 39.2 Å². The summed E-state index contributed by atoms with van der Waals surface area (Å²) in [5.41, 5.74) is 5.74. The fraction of sp³-hybridized carbons (Fsp3) is 0.333. The second-order valence-electron chi connectivity index (χ2n) is 7.91. The van der Waals surface area contributed by atoms with Crippen LogP contribution in [0.4, 0.5) is 0 Å². The number of rotatable bonds is 4. The average molecular weight is 422 g/mol. The second kappa shape index (κ2) is 7.96. The van der Waals surface area contributed by atoms with Crippen LogP contribution in [-0.2, 0) is 11.2 Å². The van der Waals surface area contributed by atoms with E-state index in [-0.39, 0.29) is 18.0 Å². The number of hydrogen-bond donors (Lipinski definition) is 1. The van der Waals surface area contributed by atoms with Crippen molar-refractivity contribution >= 4 is 29.9 Å². The Labute approximate surface area is 180 Å². The van der Waals surface area contributed by atoms with Crippen molar-refractivity contribution in [2.75, 3.05) is 0 Å². The van der Waals surface area contributed by atoms with Crippen molar-refractivity contribution in [2.45, 2.75) is 49.4 Å². The largest absolute Gasteiger partial charge is 0.458 e. The average Bonchev–Trinajstić information content (AvgIpc) is 3.32. The third kappa shape index (κ3) is 3.74. The van der Waals surface area contributed by atoms with Crippen LogP contribution in [-0.4, -0.2) is 22.3 Å². The smallest absolute Gasteiger partial charge is 0.358 e. The Bertz CT molecular complexity index is 999. The SMILES string of the molecule is O=C(OC1CCCC(S)C1)c1csc(CC2c3ccccc3-c3ccccc32)n1. The van der Waals surface area contributed by atoms with E-state index in [1.54, 1.807) is 11.3 Å². The zero-order valence-electron chi connectivity index (χ0n) is 16.1. The molecule has 2 unspecified atom stereocenters. The van der Waals surface area contributed by atoms with Crippen molar-refractivity contribution in [2.24, 2.45) is 0 Å². The molecule has 2 aliphatic carbocycles. The van der Waals surface area contributed by atoms with Crippen LogP contribution in [0.2, 0.25) is 0 Å². The summed E-state index contributed by atoms with van der Waals surface area (Å²) in [6, 6.07) is 17.2. The van der Waals surface area contributed by atoms with E-state index in [4.69, 9.17) is 4.74 Å². The molecule has 0 amide bonds. The number of nitrogens with zero attached hydrogens (tertiary/aromatic N) is 1. The summed E-state index contributed by atoms with van der Waals surface area (Å²) in [5, 5.41) is 3.14.